The molecule has 1 atom stereocenters. The molecule has 42 heavy (non-hydrogen) atoms. The predicted molar refractivity (Wildman–Crippen MR) is 150 cm³/mol. The van der Waals surface area contributed by atoms with Crippen LogP contribution in [0.1, 0.15) is 30.0 Å². The van der Waals surface area contributed by atoms with E-state index < -0.39 is 40.4 Å². The van der Waals surface area contributed by atoms with Crippen molar-refractivity contribution in [1.82, 2.24) is 24.4 Å². The molecule has 1 N–H and O–H groups in total. The number of halogens is 2. The summed E-state index contributed by atoms with van der Waals surface area (Å²) >= 11 is 0. The number of rotatable bonds is 4. The van der Waals surface area contributed by atoms with E-state index in [4.69, 9.17) is 4.74 Å². The van der Waals surface area contributed by atoms with E-state index in [0.29, 0.717) is 24.5 Å². The molecule has 1 amide bonds. The van der Waals surface area contributed by atoms with Gasteiger partial charge in [0.25, 0.3) is 0 Å². The van der Waals surface area contributed by atoms with Gasteiger partial charge in [0.05, 0.1) is 23.0 Å². The van der Waals surface area contributed by atoms with Crippen LogP contribution in [-0.4, -0.2) is 67.7 Å². The monoisotopic (exact) mass is 572 g/mol. The summed E-state index contributed by atoms with van der Waals surface area (Å²) < 4.78 is 38.9. The maximum absolute atomic E-state index is 16.4. The molecule has 1 aliphatic carbocycles. The van der Waals surface area contributed by atoms with E-state index in [9.17, 15) is 14.7 Å². The fraction of sp³-hybridized carbons (Fsp3) is 0.300. The van der Waals surface area contributed by atoms with E-state index in [1.54, 1.807) is 17.2 Å². The average Bonchev–Trinajstić information content (AvgIpc) is 3.83. The van der Waals surface area contributed by atoms with Crippen LogP contribution in [0.5, 0.6) is 11.5 Å². The van der Waals surface area contributed by atoms with Crippen molar-refractivity contribution in [1.29, 1.82) is 0 Å². The Kier molecular flexibility index (Phi) is 5.96. The fourth-order valence-corrected chi connectivity index (χ4v) is 5.94. The van der Waals surface area contributed by atoms with Crippen molar-refractivity contribution < 1.29 is 23.4 Å². The van der Waals surface area contributed by atoms with Gasteiger partial charge in [-0.25, -0.2) is 23.1 Å². The van der Waals surface area contributed by atoms with Gasteiger partial charge in [0.15, 0.2) is 17.2 Å². The lowest BCUT2D eigenvalue weighted by atomic mass is 10.1. The molecule has 0 spiro atoms. The lowest BCUT2D eigenvalue weighted by Gasteiger charge is -2.40. The molecular weight excluding hydrogens is 546 g/mol. The van der Waals surface area contributed by atoms with Crippen LogP contribution in [0.15, 0.2) is 47.9 Å². The van der Waals surface area contributed by atoms with Crippen molar-refractivity contribution in [2.45, 2.75) is 31.7 Å². The fourth-order valence-electron chi connectivity index (χ4n) is 5.94. The molecule has 10 nitrogen and oxygen atoms in total. The maximum Gasteiger partial charge on any atom is 0.355 e. The number of anilines is 1. The second-order valence-corrected chi connectivity index (χ2v) is 10.8. The maximum atomic E-state index is 16.4. The van der Waals surface area contributed by atoms with Gasteiger partial charge in [-0.2, -0.15) is 4.98 Å². The van der Waals surface area contributed by atoms with E-state index in [-0.39, 0.29) is 47.6 Å². The zero-order chi connectivity index (χ0) is 29.3. The van der Waals surface area contributed by atoms with Crippen molar-refractivity contribution in [2.75, 3.05) is 31.1 Å². The number of aromatic nitrogens is 4. The summed E-state index contributed by atoms with van der Waals surface area (Å²) in [6, 6.07) is 4.92. The van der Waals surface area contributed by atoms with Gasteiger partial charge in [0.2, 0.25) is 5.91 Å². The van der Waals surface area contributed by atoms with Gasteiger partial charge in [0, 0.05) is 31.7 Å². The number of piperazine rings is 1. The number of hydrogen-bond donors (Lipinski definition) is 1. The highest BCUT2D eigenvalue weighted by Crippen LogP contribution is 2.46. The lowest BCUT2D eigenvalue weighted by Crippen LogP contribution is -2.56. The number of phenols is 1. The molecule has 0 radical (unpaired) electrons. The number of fused-ring (bicyclic) bond motifs is 2. The van der Waals surface area contributed by atoms with Crippen LogP contribution in [0.3, 0.4) is 0 Å². The van der Waals surface area contributed by atoms with E-state index in [1.165, 1.54) is 22.8 Å². The standard InChI is InChI=1S/C30H26F2N6O4/c1-3-20(40)36-11-12-37-17(13-36)14-42-27-22-28(37)35-30(41)38(26-15(2)9-10-33-24(26)16-7-8-16)29(22)34-25(23(27)32)21-18(31)5-4-6-19(21)39/h3-6,9-10,16-17,39H,1,7-8,11-14H2,2H3/t17-/m1/s1. The number of benzene rings is 1. The number of aromatic hydroxyl groups is 1. The molecule has 7 rings (SSSR count). The molecule has 2 aliphatic heterocycles. The predicted octanol–water partition coefficient (Wildman–Crippen LogP) is 3.61. The minimum atomic E-state index is -1.000. The van der Waals surface area contributed by atoms with Crippen LogP contribution in [0.25, 0.3) is 28.0 Å². The number of aryl methyl sites for hydroxylation is 1. The highest BCUT2D eigenvalue weighted by Gasteiger charge is 2.38. The number of nitrogens with zero attached hydrogens (tertiary/aromatic N) is 6. The molecule has 1 saturated carbocycles. The van der Waals surface area contributed by atoms with Gasteiger partial charge >= 0.3 is 5.69 Å². The molecule has 1 aromatic carbocycles. The van der Waals surface area contributed by atoms with Crippen molar-refractivity contribution in [3.8, 4) is 28.4 Å². The Morgan fingerprint density at radius 2 is 2.00 bits per heavy atom. The van der Waals surface area contributed by atoms with Gasteiger partial charge in [-0.1, -0.05) is 12.6 Å². The summed E-state index contributed by atoms with van der Waals surface area (Å²) in [6.45, 7) is 6.20. The Bertz CT molecular complexity index is 1850. The summed E-state index contributed by atoms with van der Waals surface area (Å²) in [5.41, 5.74) is 0.288. The summed E-state index contributed by atoms with van der Waals surface area (Å²) in [5, 5.41) is 10.7. The first-order valence-corrected chi connectivity index (χ1v) is 13.7. The molecular formula is C30H26F2N6O4. The largest absolute Gasteiger partial charge is 0.507 e. The van der Waals surface area contributed by atoms with Crippen molar-refractivity contribution >= 4 is 22.8 Å². The molecule has 2 fully saturated rings. The van der Waals surface area contributed by atoms with E-state index in [0.717, 1.165) is 24.5 Å². The Morgan fingerprint density at radius 1 is 1.19 bits per heavy atom. The van der Waals surface area contributed by atoms with Gasteiger partial charge < -0.3 is 19.6 Å². The molecule has 1 saturated heterocycles. The van der Waals surface area contributed by atoms with Crippen LogP contribution in [0, 0.1) is 18.6 Å². The Morgan fingerprint density at radius 3 is 2.74 bits per heavy atom. The van der Waals surface area contributed by atoms with Crippen molar-refractivity contribution in [3.05, 3.63) is 76.5 Å². The zero-order valence-corrected chi connectivity index (χ0v) is 22.7. The first-order valence-electron chi connectivity index (χ1n) is 13.7. The highest BCUT2D eigenvalue weighted by atomic mass is 19.1. The second-order valence-electron chi connectivity index (χ2n) is 10.8. The number of ether oxygens (including phenoxy) is 1. The molecule has 3 aliphatic rings. The third-order valence-electron chi connectivity index (χ3n) is 8.14. The topological polar surface area (TPSA) is 114 Å². The molecule has 3 aromatic heterocycles. The van der Waals surface area contributed by atoms with Gasteiger partial charge in [-0.05, 0) is 49.6 Å². The number of amides is 1. The number of carbonyl (C=O) groups excluding carboxylic acids is 1. The molecule has 12 heteroatoms. The van der Waals surface area contributed by atoms with Crippen LogP contribution in [-0.2, 0) is 4.79 Å². The molecule has 0 bridgehead atoms. The first-order chi connectivity index (χ1) is 20.3. The first kappa shape index (κ1) is 26.1. The van der Waals surface area contributed by atoms with Gasteiger partial charge in [-0.3, -0.25) is 9.78 Å². The van der Waals surface area contributed by atoms with Gasteiger partial charge in [-0.15, -0.1) is 0 Å². The average molecular weight is 573 g/mol. The molecule has 0 unspecified atom stereocenters. The Hall–Kier alpha value is -4.87. The van der Waals surface area contributed by atoms with Crippen molar-refractivity contribution in [3.63, 3.8) is 0 Å². The van der Waals surface area contributed by atoms with E-state index in [1.807, 2.05) is 11.8 Å². The third-order valence-corrected chi connectivity index (χ3v) is 8.14. The van der Waals surface area contributed by atoms with Crippen molar-refractivity contribution in [2.24, 2.45) is 0 Å². The number of phenolic OH excluding ortho intramolecular Hbond substituents is 1. The summed E-state index contributed by atoms with van der Waals surface area (Å²) in [6.07, 6.45) is 4.71. The third kappa shape index (κ3) is 3.92. The highest BCUT2D eigenvalue weighted by molar-refractivity contribution is 5.97. The quantitative estimate of drug-likeness (QED) is 0.369. The number of hydrogen-bond acceptors (Lipinski definition) is 8. The number of pyridine rings is 2. The normalized spacial score (nSPS) is 17.9. The van der Waals surface area contributed by atoms with Crippen LogP contribution in [0.4, 0.5) is 14.6 Å². The molecule has 214 valence electrons. The lowest BCUT2D eigenvalue weighted by molar-refractivity contribution is -0.126. The molecule has 5 heterocycles. The molecule has 4 aromatic rings. The smallest absolute Gasteiger partial charge is 0.355 e. The van der Waals surface area contributed by atoms with E-state index >= 15 is 8.78 Å². The number of carbonyl (C=O) groups is 1. The second kappa shape index (κ2) is 9.61. The van der Waals surface area contributed by atoms with E-state index in [2.05, 4.69) is 21.5 Å². The Balaban J connectivity index is 1.56. The summed E-state index contributed by atoms with van der Waals surface area (Å²) in [5.74, 6) is -2.62. The Labute approximate surface area is 238 Å². The minimum absolute atomic E-state index is 0.00213. The summed E-state index contributed by atoms with van der Waals surface area (Å²) in [7, 11) is 0. The van der Waals surface area contributed by atoms with Crippen LogP contribution < -0.4 is 15.3 Å². The SMILES string of the molecule is C=CC(=O)N1CCN2c3nc(=O)n(-c4c(C)ccnc4C4CC4)c4nc(-c5c(O)cccc5F)c(F)c(c34)OC[C@H]2C1. The zero-order valence-electron chi connectivity index (χ0n) is 22.7. The summed E-state index contributed by atoms with van der Waals surface area (Å²) in [4.78, 5) is 43.4. The minimum Gasteiger partial charge on any atom is -0.507 e. The van der Waals surface area contributed by atoms with Crippen LogP contribution >= 0.6 is 0 Å². The van der Waals surface area contributed by atoms with Crippen LogP contribution in [0.2, 0.25) is 0 Å². The van der Waals surface area contributed by atoms with Gasteiger partial charge in [0.1, 0.15) is 35.1 Å².